The molecule has 2 unspecified atom stereocenters. The lowest BCUT2D eigenvalue weighted by molar-refractivity contribution is -0.130. The molecule has 3 heteroatoms. The standard InChI is InChI=1S/C13H18N2O/c1-3-9-15-10(2)14-12(13(15)16)11-7-5-4-6-8-11/h4-8,10,12,14H,3,9H2,1-2H3. The van der Waals surface area contributed by atoms with Gasteiger partial charge in [-0.3, -0.25) is 10.1 Å². The number of carbonyl (C=O) groups is 1. The Morgan fingerprint density at radius 1 is 1.31 bits per heavy atom. The molecule has 2 atom stereocenters. The molecular weight excluding hydrogens is 200 g/mol. The van der Waals surface area contributed by atoms with Gasteiger partial charge in [-0.1, -0.05) is 37.3 Å². The van der Waals surface area contributed by atoms with Gasteiger partial charge in [-0.25, -0.2) is 0 Å². The molecule has 0 spiro atoms. The van der Waals surface area contributed by atoms with E-state index in [4.69, 9.17) is 0 Å². The molecule has 1 fully saturated rings. The number of hydrogen-bond acceptors (Lipinski definition) is 2. The molecule has 1 aliphatic rings. The van der Waals surface area contributed by atoms with Crippen LogP contribution in [0.25, 0.3) is 0 Å². The monoisotopic (exact) mass is 218 g/mol. The molecule has 0 bridgehead atoms. The second kappa shape index (κ2) is 4.66. The Bertz CT molecular complexity index is 363. The van der Waals surface area contributed by atoms with Crippen LogP contribution in [0.15, 0.2) is 30.3 Å². The Balaban J connectivity index is 2.17. The van der Waals surface area contributed by atoms with Gasteiger partial charge in [0.2, 0.25) is 5.91 Å². The fourth-order valence-corrected chi connectivity index (χ4v) is 2.19. The Labute approximate surface area is 96.5 Å². The molecule has 0 aromatic heterocycles. The molecule has 86 valence electrons. The smallest absolute Gasteiger partial charge is 0.245 e. The molecule has 2 rings (SSSR count). The number of hydrogen-bond donors (Lipinski definition) is 1. The predicted octanol–water partition coefficient (Wildman–Crippen LogP) is 1.92. The number of nitrogens with zero attached hydrogens (tertiary/aromatic N) is 1. The highest BCUT2D eigenvalue weighted by Crippen LogP contribution is 2.23. The highest BCUT2D eigenvalue weighted by molar-refractivity contribution is 5.85. The van der Waals surface area contributed by atoms with Gasteiger partial charge in [-0.2, -0.15) is 0 Å². The molecule has 3 nitrogen and oxygen atoms in total. The van der Waals surface area contributed by atoms with Gasteiger partial charge in [0.05, 0.1) is 6.17 Å². The van der Waals surface area contributed by atoms with E-state index in [9.17, 15) is 4.79 Å². The van der Waals surface area contributed by atoms with Crippen molar-refractivity contribution in [3.05, 3.63) is 35.9 Å². The fraction of sp³-hybridized carbons (Fsp3) is 0.462. The van der Waals surface area contributed by atoms with Crippen molar-refractivity contribution in [3.8, 4) is 0 Å². The first kappa shape index (κ1) is 11.1. The zero-order valence-electron chi connectivity index (χ0n) is 9.81. The third kappa shape index (κ3) is 1.95. The van der Waals surface area contributed by atoms with E-state index >= 15 is 0 Å². The van der Waals surface area contributed by atoms with Crippen LogP contribution in [-0.2, 0) is 4.79 Å². The number of benzene rings is 1. The van der Waals surface area contributed by atoms with Crippen LogP contribution in [0.1, 0.15) is 31.9 Å². The van der Waals surface area contributed by atoms with E-state index < -0.39 is 0 Å². The third-order valence-corrected chi connectivity index (χ3v) is 3.00. The summed E-state index contributed by atoms with van der Waals surface area (Å²) in [6.07, 6.45) is 1.14. The van der Waals surface area contributed by atoms with Crippen molar-refractivity contribution in [2.75, 3.05) is 6.54 Å². The normalized spacial score (nSPS) is 25.1. The quantitative estimate of drug-likeness (QED) is 0.840. The van der Waals surface area contributed by atoms with Crippen LogP contribution in [-0.4, -0.2) is 23.5 Å². The van der Waals surface area contributed by atoms with Crippen LogP contribution in [0, 0.1) is 0 Å². The Kier molecular flexibility index (Phi) is 3.25. The number of rotatable bonds is 3. The number of nitrogens with one attached hydrogen (secondary N) is 1. The molecule has 1 aromatic carbocycles. The lowest BCUT2D eigenvalue weighted by Crippen LogP contribution is -2.35. The Morgan fingerprint density at radius 2 is 2.00 bits per heavy atom. The maximum absolute atomic E-state index is 12.2. The molecule has 1 N–H and O–H groups in total. The van der Waals surface area contributed by atoms with Crippen LogP contribution in [0.5, 0.6) is 0 Å². The summed E-state index contributed by atoms with van der Waals surface area (Å²) in [5, 5.41) is 3.33. The van der Waals surface area contributed by atoms with E-state index in [1.165, 1.54) is 0 Å². The van der Waals surface area contributed by atoms with Crippen LogP contribution in [0.2, 0.25) is 0 Å². The van der Waals surface area contributed by atoms with Crippen molar-refractivity contribution in [2.45, 2.75) is 32.5 Å². The zero-order valence-corrected chi connectivity index (χ0v) is 9.81. The lowest BCUT2D eigenvalue weighted by atomic mass is 10.1. The van der Waals surface area contributed by atoms with Crippen molar-refractivity contribution in [3.63, 3.8) is 0 Å². The molecule has 1 aromatic rings. The zero-order chi connectivity index (χ0) is 11.5. The average Bonchev–Trinajstić information content (AvgIpc) is 2.59. The highest BCUT2D eigenvalue weighted by Gasteiger charge is 2.36. The van der Waals surface area contributed by atoms with Gasteiger partial charge in [0.1, 0.15) is 6.04 Å². The Morgan fingerprint density at radius 3 is 2.62 bits per heavy atom. The van der Waals surface area contributed by atoms with Crippen LogP contribution < -0.4 is 5.32 Å². The molecule has 1 amide bonds. The summed E-state index contributed by atoms with van der Waals surface area (Å²) < 4.78 is 0. The van der Waals surface area contributed by atoms with E-state index in [0.29, 0.717) is 0 Å². The number of amides is 1. The van der Waals surface area contributed by atoms with Crippen molar-refractivity contribution in [1.82, 2.24) is 10.2 Å². The van der Waals surface area contributed by atoms with Crippen LogP contribution in [0.4, 0.5) is 0 Å². The maximum atomic E-state index is 12.2. The fourth-order valence-electron chi connectivity index (χ4n) is 2.19. The van der Waals surface area contributed by atoms with Gasteiger partial charge in [0, 0.05) is 6.54 Å². The maximum Gasteiger partial charge on any atom is 0.245 e. The summed E-state index contributed by atoms with van der Waals surface area (Å²) in [6, 6.07) is 9.74. The van der Waals surface area contributed by atoms with Crippen molar-refractivity contribution >= 4 is 5.91 Å². The minimum atomic E-state index is -0.164. The summed E-state index contributed by atoms with van der Waals surface area (Å²) in [5.41, 5.74) is 1.05. The summed E-state index contributed by atoms with van der Waals surface area (Å²) in [5.74, 6) is 0.195. The topological polar surface area (TPSA) is 32.3 Å². The van der Waals surface area contributed by atoms with E-state index in [2.05, 4.69) is 12.2 Å². The second-order valence-electron chi connectivity index (χ2n) is 4.22. The lowest BCUT2D eigenvalue weighted by Gasteiger charge is -2.19. The minimum Gasteiger partial charge on any atom is -0.326 e. The molecule has 16 heavy (non-hydrogen) atoms. The largest absolute Gasteiger partial charge is 0.326 e. The van der Waals surface area contributed by atoms with Crippen molar-refractivity contribution in [1.29, 1.82) is 0 Å². The molecular formula is C13H18N2O. The molecule has 0 radical (unpaired) electrons. The van der Waals surface area contributed by atoms with Gasteiger partial charge in [0.25, 0.3) is 0 Å². The van der Waals surface area contributed by atoms with Crippen LogP contribution >= 0.6 is 0 Å². The summed E-state index contributed by atoms with van der Waals surface area (Å²) in [7, 11) is 0. The van der Waals surface area contributed by atoms with E-state index in [1.807, 2.05) is 42.2 Å². The summed E-state index contributed by atoms with van der Waals surface area (Å²) in [4.78, 5) is 14.1. The molecule has 1 heterocycles. The first-order valence-corrected chi connectivity index (χ1v) is 5.85. The molecule has 1 aliphatic heterocycles. The van der Waals surface area contributed by atoms with E-state index in [0.717, 1.165) is 18.5 Å². The van der Waals surface area contributed by atoms with Gasteiger partial charge >= 0.3 is 0 Å². The average molecular weight is 218 g/mol. The van der Waals surface area contributed by atoms with Crippen LogP contribution in [0.3, 0.4) is 0 Å². The number of carbonyl (C=O) groups excluding carboxylic acids is 1. The van der Waals surface area contributed by atoms with Gasteiger partial charge in [-0.05, 0) is 18.9 Å². The summed E-state index contributed by atoms with van der Waals surface area (Å²) in [6.45, 7) is 4.96. The first-order valence-electron chi connectivity index (χ1n) is 5.85. The molecule has 0 saturated carbocycles. The first-order chi connectivity index (χ1) is 7.74. The van der Waals surface area contributed by atoms with Gasteiger partial charge in [0.15, 0.2) is 0 Å². The van der Waals surface area contributed by atoms with E-state index in [-0.39, 0.29) is 18.1 Å². The minimum absolute atomic E-state index is 0.137. The van der Waals surface area contributed by atoms with E-state index in [1.54, 1.807) is 0 Å². The van der Waals surface area contributed by atoms with Crippen molar-refractivity contribution in [2.24, 2.45) is 0 Å². The molecule has 0 aliphatic carbocycles. The summed E-state index contributed by atoms with van der Waals surface area (Å²) >= 11 is 0. The van der Waals surface area contributed by atoms with Gasteiger partial charge < -0.3 is 4.90 Å². The second-order valence-corrected chi connectivity index (χ2v) is 4.22. The SMILES string of the molecule is CCCN1C(=O)C(c2ccccc2)NC1C. The Hall–Kier alpha value is -1.35. The van der Waals surface area contributed by atoms with Crippen molar-refractivity contribution < 1.29 is 4.79 Å². The predicted molar refractivity (Wildman–Crippen MR) is 63.8 cm³/mol. The highest BCUT2D eigenvalue weighted by atomic mass is 16.2. The van der Waals surface area contributed by atoms with Gasteiger partial charge in [-0.15, -0.1) is 0 Å². The molecule has 1 saturated heterocycles. The third-order valence-electron chi connectivity index (χ3n) is 3.00.